The summed E-state index contributed by atoms with van der Waals surface area (Å²) in [4.78, 5) is 27.1. The molecule has 0 radical (unpaired) electrons. The molecule has 1 aromatic rings. The lowest BCUT2D eigenvalue weighted by atomic mass is 10.1. The largest absolute Gasteiger partial charge is 0.391 e. The van der Waals surface area contributed by atoms with Crippen LogP contribution in [0.15, 0.2) is 12.1 Å². The van der Waals surface area contributed by atoms with Crippen LogP contribution >= 0.6 is 0 Å². The van der Waals surface area contributed by atoms with Crippen LogP contribution in [-0.4, -0.2) is 54.4 Å². The van der Waals surface area contributed by atoms with Gasteiger partial charge < -0.3 is 20.6 Å². The molecule has 7 nitrogen and oxygen atoms in total. The van der Waals surface area contributed by atoms with Gasteiger partial charge in [0.2, 0.25) is 0 Å². The van der Waals surface area contributed by atoms with Crippen molar-refractivity contribution in [3.05, 3.63) is 23.5 Å². The van der Waals surface area contributed by atoms with Crippen LogP contribution in [0.1, 0.15) is 18.4 Å². The molecule has 3 rings (SSSR count). The van der Waals surface area contributed by atoms with Crippen LogP contribution in [0, 0.1) is 12.7 Å². The van der Waals surface area contributed by atoms with E-state index in [4.69, 9.17) is 0 Å². The molecule has 4 amide bonds. The molecule has 8 heteroatoms. The summed E-state index contributed by atoms with van der Waals surface area (Å²) in [5, 5.41) is 15.1. The molecule has 2 aliphatic heterocycles. The molecule has 2 aliphatic rings. The van der Waals surface area contributed by atoms with Crippen molar-refractivity contribution in [1.82, 2.24) is 10.2 Å². The summed E-state index contributed by atoms with van der Waals surface area (Å²) in [5.74, 6) is -0.504. The lowest BCUT2D eigenvalue weighted by molar-refractivity contribution is 0.0883. The lowest BCUT2D eigenvalue weighted by Crippen LogP contribution is -2.44. The fourth-order valence-corrected chi connectivity index (χ4v) is 3.15. The van der Waals surface area contributed by atoms with Crippen LogP contribution < -0.4 is 15.5 Å². The van der Waals surface area contributed by atoms with E-state index in [2.05, 4.69) is 10.6 Å². The van der Waals surface area contributed by atoms with Crippen LogP contribution in [0.25, 0.3) is 0 Å². The zero-order valence-electron chi connectivity index (χ0n) is 13.5. The highest BCUT2D eigenvalue weighted by molar-refractivity contribution is 5.97. The smallest absolute Gasteiger partial charge is 0.322 e. The van der Waals surface area contributed by atoms with Crippen LogP contribution in [0.5, 0.6) is 0 Å². The summed E-state index contributed by atoms with van der Waals surface area (Å²) in [6.45, 7) is 3.37. The summed E-state index contributed by atoms with van der Waals surface area (Å²) in [6.07, 6.45) is 0.923. The predicted octanol–water partition coefficient (Wildman–Crippen LogP) is 1.65. The van der Waals surface area contributed by atoms with E-state index in [-0.39, 0.29) is 24.3 Å². The number of nitrogens with one attached hydrogen (secondary N) is 2. The van der Waals surface area contributed by atoms with Crippen molar-refractivity contribution in [2.45, 2.75) is 25.9 Å². The van der Waals surface area contributed by atoms with Gasteiger partial charge in [-0.1, -0.05) is 0 Å². The second-order valence-electron chi connectivity index (χ2n) is 6.12. The number of aliphatic hydroxyl groups is 1. The number of carbonyl (C=O) groups is 2. The van der Waals surface area contributed by atoms with E-state index >= 15 is 0 Å². The number of aliphatic hydroxyl groups excluding tert-OH is 1. The van der Waals surface area contributed by atoms with Gasteiger partial charge in [0, 0.05) is 31.9 Å². The molecule has 0 saturated carbocycles. The Labute approximate surface area is 139 Å². The third-order valence-electron chi connectivity index (χ3n) is 4.43. The molecule has 2 saturated heterocycles. The number of urea groups is 2. The predicted molar refractivity (Wildman–Crippen MR) is 87.7 cm³/mol. The van der Waals surface area contributed by atoms with Crippen molar-refractivity contribution < 1.29 is 19.1 Å². The molecular formula is C16H21FN4O3. The number of piperidine rings is 1. The van der Waals surface area contributed by atoms with Crippen LogP contribution in [0.3, 0.4) is 0 Å². The van der Waals surface area contributed by atoms with Crippen molar-refractivity contribution in [3.8, 4) is 0 Å². The van der Waals surface area contributed by atoms with E-state index < -0.39 is 11.9 Å². The van der Waals surface area contributed by atoms with E-state index in [0.717, 1.165) is 6.42 Å². The van der Waals surface area contributed by atoms with Crippen LogP contribution in [-0.2, 0) is 0 Å². The Morgan fingerprint density at radius 1 is 1.42 bits per heavy atom. The highest BCUT2D eigenvalue weighted by Crippen LogP contribution is 2.31. The first-order valence-electron chi connectivity index (χ1n) is 8.06. The number of likely N-dealkylation sites (tertiary alicyclic amines) is 1. The van der Waals surface area contributed by atoms with Gasteiger partial charge in [0.1, 0.15) is 5.82 Å². The average Bonchev–Trinajstić information content (AvgIpc) is 2.96. The van der Waals surface area contributed by atoms with Gasteiger partial charge >= 0.3 is 12.1 Å². The number of hydrogen-bond acceptors (Lipinski definition) is 3. The lowest BCUT2D eigenvalue weighted by Gasteiger charge is -2.30. The second kappa shape index (κ2) is 6.64. The monoisotopic (exact) mass is 336 g/mol. The van der Waals surface area contributed by atoms with E-state index in [0.29, 0.717) is 37.3 Å². The van der Waals surface area contributed by atoms with Gasteiger partial charge in [-0.2, -0.15) is 0 Å². The molecule has 3 N–H and O–H groups in total. The van der Waals surface area contributed by atoms with Gasteiger partial charge in [-0.25, -0.2) is 14.0 Å². The number of nitrogens with zero attached hydrogens (tertiary/aromatic N) is 2. The third kappa shape index (κ3) is 3.14. The molecule has 0 aromatic heterocycles. The van der Waals surface area contributed by atoms with E-state index in [9.17, 15) is 19.1 Å². The van der Waals surface area contributed by atoms with E-state index in [1.54, 1.807) is 11.8 Å². The maximum Gasteiger partial charge on any atom is 0.322 e. The molecule has 0 bridgehead atoms. The highest BCUT2D eigenvalue weighted by Gasteiger charge is 2.28. The number of halogens is 1. The zero-order valence-corrected chi connectivity index (χ0v) is 13.5. The number of amides is 4. The Hall–Kier alpha value is -2.35. The van der Waals surface area contributed by atoms with Gasteiger partial charge in [0.25, 0.3) is 0 Å². The Bertz CT molecular complexity index is 667. The molecule has 0 aliphatic carbocycles. The third-order valence-corrected chi connectivity index (χ3v) is 4.43. The Balaban J connectivity index is 1.81. The molecule has 24 heavy (non-hydrogen) atoms. The van der Waals surface area contributed by atoms with Gasteiger partial charge in [-0.3, -0.25) is 4.90 Å². The van der Waals surface area contributed by atoms with Crippen molar-refractivity contribution in [2.24, 2.45) is 0 Å². The minimum atomic E-state index is -0.511. The Morgan fingerprint density at radius 2 is 2.21 bits per heavy atom. The fourth-order valence-electron chi connectivity index (χ4n) is 3.15. The van der Waals surface area contributed by atoms with Crippen LogP contribution in [0.2, 0.25) is 0 Å². The minimum absolute atomic E-state index is 0.182. The Morgan fingerprint density at radius 3 is 2.88 bits per heavy atom. The zero-order chi connectivity index (χ0) is 17.3. The number of hydrogen-bond donors (Lipinski definition) is 3. The summed E-state index contributed by atoms with van der Waals surface area (Å²) in [5.41, 5.74) is 1.13. The van der Waals surface area contributed by atoms with Crippen molar-refractivity contribution in [3.63, 3.8) is 0 Å². The number of benzene rings is 1. The number of carbonyl (C=O) groups excluding carboxylic acids is 2. The number of β-amino-alcohol motifs (C(OH)–C–C–N with tert-alkyl or cyclic N) is 1. The SMILES string of the molecule is Cc1c(NC(=O)N2CCC[C@@H](O)C2)ccc(F)c1N1CCNC1=O. The van der Waals surface area contributed by atoms with Crippen molar-refractivity contribution in [2.75, 3.05) is 36.4 Å². The quantitative estimate of drug-likeness (QED) is 0.768. The van der Waals surface area contributed by atoms with Crippen LogP contribution in [0.4, 0.5) is 25.4 Å². The second-order valence-corrected chi connectivity index (χ2v) is 6.12. The van der Waals surface area contributed by atoms with Gasteiger partial charge in [-0.05, 0) is 37.5 Å². The Kier molecular flexibility index (Phi) is 4.57. The van der Waals surface area contributed by atoms with E-state index in [1.807, 2.05) is 0 Å². The molecule has 2 fully saturated rings. The number of rotatable bonds is 2. The number of anilines is 2. The molecule has 130 valence electrons. The normalized spacial score (nSPS) is 21.0. The molecule has 1 aromatic carbocycles. The van der Waals surface area contributed by atoms with E-state index in [1.165, 1.54) is 17.0 Å². The molecule has 0 spiro atoms. The first kappa shape index (κ1) is 16.5. The first-order valence-corrected chi connectivity index (χ1v) is 8.06. The summed E-state index contributed by atoms with van der Waals surface area (Å²) in [7, 11) is 0. The molecule has 0 unspecified atom stereocenters. The molecule has 1 atom stereocenters. The van der Waals surface area contributed by atoms with Gasteiger partial charge in [-0.15, -0.1) is 0 Å². The highest BCUT2D eigenvalue weighted by atomic mass is 19.1. The maximum atomic E-state index is 14.2. The van der Waals surface area contributed by atoms with Crippen molar-refractivity contribution in [1.29, 1.82) is 0 Å². The fraction of sp³-hybridized carbons (Fsp3) is 0.500. The van der Waals surface area contributed by atoms with Crippen molar-refractivity contribution >= 4 is 23.4 Å². The summed E-state index contributed by atoms with van der Waals surface area (Å²) < 4.78 is 14.2. The minimum Gasteiger partial charge on any atom is -0.391 e. The standard InChI is InChI=1S/C16H21FN4O3/c1-10-13(19-16(24)20-7-2-3-11(22)9-20)5-4-12(17)14(10)21-8-6-18-15(21)23/h4-5,11,22H,2-3,6-9H2,1H3,(H,18,23)(H,19,24)/t11-/m1/s1. The summed E-state index contributed by atoms with van der Waals surface area (Å²) in [6, 6.07) is 2.05. The maximum absolute atomic E-state index is 14.2. The van der Waals surface area contributed by atoms with Gasteiger partial charge in [0.15, 0.2) is 0 Å². The molecule has 2 heterocycles. The first-order chi connectivity index (χ1) is 11.5. The topological polar surface area (TPSA) is 84.9 Å². The molecular weight excluding hydrogens is 315 g/mol. The average molecular weight is 336 g/mol. The summed E-state index contributed by atoms with van der Waals surface area (Å²) >= 11 is 0. The van der Waals surface area contributed by atoms with Gasteiger partial charge in [0.05, 0.1) is 11.8 Å².